The van der Waals surface area contributed by atoms with Crippen LogP contribution in [0.4, 0.5) is 16.2 Å². The van der Waals surface area contributed by atoms with Gasteiger partial charge in [-0.25, -0.2) is 4.79 Å². The highest BCUT2D eigenvalue weighted by Gasteiger charge is 2.22. The molecule has 0 bridgehead atoms. The van der Waals surface area contributed by atoms with Gasteiger partial charge in [0, 0.05) is 52.7 Å². The summed E-state index contributed by atoms with van der Waals surface area (Å²) in [6.45, 7) is 2.94. The molecule has 2 atom stereocenters. The van der Waals surface area contributed by atoms with Crippen molar-refractivity contribution in [3.63, 3.8) is 0 Å². The van der Waals surface area contributed by atoms with E-state index in [0.29, 0.717) is 31.0 Å². The Morgan fingerprint density at radius 1 is 1.38 bits per heavy atom. The summed E-state index contributed by atoms with van der Waals surface area (Å²) in [6, 6.07) is 5.41. The number of carbonyl (C=O) groups is 1. The van der Waals surface area contributed by atoms with Crippen LogP contribution in [-0.4, -0.2) is 44.2 Å². The van der Waals surface area contributed by atoms with E-state index < -0.39 is 15.7 Å². The van der Waals surface area contributed by atoms with Crippen LogP contribution in [0.2, 0.25) is 0 Å². The molecule has 1 aliphatic rings. The fourth-order valence-electron chi connectivity index (χ4n) is 2.05. The number of rotatable bonds is 2. The topological polar surface area (TPSA) is 92.6 Å². The van der Waals surface area contributed by atoms with Gasteiger partial charge in [-0.15, -0.1) is 0 Å². The first kappa shape index (κ1) is 15.4. The zero-order valence-corrected chi connectivity index (χ0v) is 12.5. The lowest BCUT2D eigenvalue weighted by atomic mass is 10.3. The van der Waals surface area contributed by atoms with Crippen LogP contribution in [0, 0.1) is 10.1 Å². The van der Waals surface area contributed by atoms with Crippen molar-refractivity contribution < 1.29 is 13.9 Å². The first-order chi connectivity index (χ1) is 9.97. The Kier molecular flexibility index (Phi) is 4.89. The molecule has 8 heteroatoms. The van der Waals surface area contributed by atoms with Crippen molar-refractivity contribution in [1.29, 1.82) is 0 Å². The molecule has 1 N–H and O–H groups in total. The van der Waals surface area contributed by atoms with Gasteiger partial charge in [0.05, 0.1) is 4.92 Å². The molecule has 1 fully saturated rings. The van der Waals surface area contributed by atoms with Gasteiger partial charge < -0.3 is 10.2 Å². The van der Waals surface area contributed by atoms with E-state index in [2.05, 4.69) is 5.32 Å². The first-order valence-electron chi connectivity index (χ1n) is 6.65. The summed E-state index contributed by atoms with van der Waals surface area (Å²) in [4.78, 5) is 23.8. The van der Waals surface area contributed by atoms with Gasteiger partial charge >= 0.3 is 6.03 Å². The van der Waals surface area contributed by atoms with E-state index in [0.717, 1.165) is 0 Å². The lowest BCUT2D eigenvalue weighted by molar-refractivity contribution is -0.384. The number of amides is 2. The highest BCUT2D eigenvalue weighted by molar-refractivity contribution is 7.85. The molecule has 0 aromatic heterocycles. The van der Waals surface area contributed by atoms with Crippen LogP contribution in [-0.2, 0) is 10.8 Å². The van der Waals surface area contributed by atoms with Gasteiger partial charge in [-0.3, -0.25) is 14.3 Å². The summed E-state index contributed by atoms with van der Waals surface area (Å²) in [5.41, 5.74) is 0.482. The molecule has 21 heavy (non-hydrogen) atoms. The average Bonchev–Trinajstić information content (AvgIpc) is 2.62. The molecule has 1 saturated heterocycles. The van der Waals surface area contributed by atoms with Crippen molar-refractivity contribution in [3.05, 3.63) is 34.4 Å². The van der Waals surface area contributed by atoms with Gasteiger partial charge in [0.2, 0.25) is 0 Å². The molecule has 0 radical (unpaired) electrons. The monoisotopic (exact) mass is 311 g/mol. The van der Waals surface area contributed by atoms with Gasteiger partial charge in [0.25, 0.3) is 5.69 Å². The number of carbonyl (C=O) groups excluding carboxylic acids is 1. The van der Waals surface area contributed by atoms with Crippen LogP contribution in [0.5, 0.6) is 0 Å². The Balaban J connectivity index is 1.97. The number of hydrogen-bond acceptors (Lipinski definition) is 4. The molecule has 1 heterocycles. The molecular formula is C13H17N3O4S. The highest BCUT2D eigenvalue weighted by Crippen LogP contribution is 2.16. The Morgan fingerprint density at radius 2 is 2.05 bits per heavy atom. The molecule has 0 saturated carbocycles. The normalized spacial score (nSPS) is 22.4. The molecule has 7 nitrogen and oxygen atoms in total. The fourth-order valence-corrected chi connectivity index (χ4v) is 3.23. The van der Waals surface area contributed by atoms with E-state index in [-0.39, 0.29) is 17.0 Å². The molecule has 0 aliphatic carbocycles. The molecule has 1 aromatic rings. The second kappa shape index (κ2) is 6.66. The van der Waals surface area contributed by atoms with E-state index in [1.165, 1.54) is 24.3 Å². The van der Waals surface area contributed by atoms with Crippen LogP contribution in [0.25, 0.3) is 0 Å². The second-order valence-electron chi connectivity index (χ2n) is 4.91. The van der Waals surface area contributed by atoms with Gasteiger partial charge in [0.15, 0.2) is 0 Å². The Labute approximate surface area is 124 Å². The van der Waals surface area contributed by atoms with Crippen LogP contribution in [0.1, 0.15) is 13.3 Å². The minimum absolute atomic E-state index is 0.0213. The summed E-state index contributed by atoms with van der Waals surface area (Å²) in [6.07, 6.45) is 0.709. The third-order valence-electron chi connectivity index (χ3n) is 3.43. The maximum absolute atomic E-state index is 12.1. The van der Waals surface area contributed by atoms with E-state index in [9.17, 15) is 19.1 Å². The number of anilines is 1. The van der Waals surface area contributed by atoms with Crippen molar-refractivity contribution in [2.24, 2.45) is 0 Å². The number of nitrogens with zero attached hydrogens (tertiary/aromatic N) is 2. The molecule has 114 valence electrons. The summed E-state index contributed by atoms with van der Waals surface area (Å²) >= 11 is 0. The average molecular weight is 311 g/mol. The van der Waals surface area contributed by atoms with Crippen molar-refractivity contribution in [2.45, 2.75) is 18.6 Å². The first-order valence-corrected chi connectivity index (χ1v) is 8.03. The molecule has 2 amide bonds. The van der Waals surface area contributed by atoms with Crippen LogP contribution < -0.4 is 5.32 Å². The van der Waals surface area contributed by atoms with Crippen molar-refractivity contribution in [1.82, 2.24) is 4.90 Å². The van der Waals surface area contributed by atoms with Crippen molar-refractivity contribution in [2.75, 3.05) is 24.2 Å². The fraction of sp³-hybridized carbons (Fsp3) is 0.462. The molecule has 0 spiro atoms. The Bertz CT molecular complexity index is 561. The predicted molar refractivity (Wildman–Crippen MR) is 80.8 cm³/mol. The third-order valence-corrected chi connectivity index (χ3v) is 5.15. The standard InChI is InChI=1S/C13H17N3O4S/c1-10-6-7-15(8-9-21(10)20)13(17)14-11-2-4-12(5-3-11)16(18)19/h2-5,10H,6-9H2,1H3,(H,14,17)/t10-,21+/m0/s1. The Morgan fingerprint density at radius 3 is 2.67 bits per heavy atom. The lowest BCUT2D eigenvalue weighted by Crippen LogP contribution is -2.36. The maximum atomic E-state index is 12.1. The zero-order chi connectivity index (χ0) is 15.4. The number of urea groups is 1. The number of nitro benzene ring substituents is 1. The van der Waals surface area contributed by atoms with Gasteiger partial charge in [0.1, 0.15) is 0 Å². The predicted octanol–water partition coefficient (Wildman–Crippen LogP) is 1.97. The number of nitro groups is 1. The number of nitrogens with one attached hydrogen (secondary N) is 1. The highest BCUT2D eigenvalue weighted by atomic mass is 32.2. The van der Waals surface area contributed by atoms with E-state index in [1.54, 1.807) is 4.90 Å². The largest absolute Gasteiger partial charge is 0.324 e. The van der Waals surface area contributed by atoms with E-state index >= 15 is 0 Å². The van der Waals surface area contributed by atoms with Crippen LogP contribution in [0.3, 0.4) is 0 Å². The summed E-state index contributed by atoms with van der Waals surface area (Å²) < 4.78 is 11.7. The molecule has 1 aliphatic heterocycles. The van der Waals surface area contributed by atoms with Gasteiger partial charge in [-0.05, 0) is 18.6 Å². The molecule has 2 rings (SSSR count). The van der Waals surface area contributed by atoms with Crippen LogP contribution in [0.15, 0.2) is 24.3 Å². The second-order valence-corrected chi connectivity index (χ2v) is 6.88. The molecular weight excluding hydrogens is 294 g/mol. The number of hydrogen-bond donors (Lipinski definition) is 1. The SMILES string of the molecule is C[C@H]1CCN(C(=O)Nc2ccc([N+](=O)[O-])cc2)CC[S@]1=O. The number of benzene rings is 1. The van der Waals surface area contributed by atoms with E-state index in [1.807, 2.05) is 6.92 Å². The smallest absolute Gasteiger partial charge is 0.321 e. The Hall–Kier alpha value is -1.96. The minimum Gasteiger partial charge on any atom is -0.324 e. The third kappa shape index (κ3) is 4.01. The number of non-ortho nitro benzene ring substituents is 1. The van der Waals surface area contributed by atoms with E-state index in [4.69, 9.17) is 0 Å². The summed E-state index contributed by atoms with van der Waals surface area (Å²) in [7, 11) is -0.891. The molecule has 1 aromatic carbocycles. The van der Waals surface area contributed by atoms with Crippen molar-refractivity contribution in [3.8, 4) is 0 Å². The molecule has 0 unspecified atom stereocenters. The quantitative estimate of drug-likeness (QED) is 0.667. The lowest BCUT2D eigenvalue weighted by Gasteiger charge is -2.20. The zero-order valence-electron chi connectivity index (χ0n) is 11.7. The van der Waals surface area contributed by atoms with Gasteiger partial charge in [-0.2, -0.15) is 0 Å². The minimum atomic E-state index is -0.891. The van der Waals surface area contributed by atoms with Gasteiger partial charge in [-0.1, -0.05) is 6.92 Å². The maximum Gasteiger partial charge on any atom is 0.321 e. The van der Waals surface area contributed by atoms with Crippen molar-refractivity contribution >= 4 is 28.2 Å². The van der Waals surface area contributed by atoms with Crippen LogP contribution >= 0.6 is 0 Å². The summed E-state index contributed by atoms with van der Waals surface area (Å²) in [5.74, 6) is 0.481. The summed E-state index contributed by atoms with van der Waals surface area (Å²) in [5, 5.41) is 13.4.